The van der Waals surface area contributed by atoms with E-state index < -0.39 is 0 Å². The van der Waals surface area contributed by atoms with Crippen molar-refractivity contribution in [1.82, 2.24) is 9.47 Å². The van der Waals surface area contributed by atoms with Crippen molar-refractivity contribution in [3.05, 3.63) is 47.5 Å². The number of para-hydroxylation sites is 1. The molecule has 0 radical (unpaired) electrons. The third kappa shape index (κ3) is 2.99. The molecule has 6 heteroatoms. The number of likely N-dealkylation sites (N-methyl/N-ethyl adjacent to an activating group) is 1. The zero-order valence-electron chi connectivity index (χ0n) is 18.5. The lowest BCUT2D eigenvalue weighted by molar-refractivity contribution is -0.117. The van der Waals surface area contributed by atoms with Gasteiger partial charge in [-0.25, -0.2) is 0 Å². The molecular formula is C24H28N4O2. The summed E-state index contributed by atoms with van der Waals surface area (Å²) < 4.78 is 2.17. The predicted octanol–water partition coefficient (Wildman–Crippen LogP) is 4.50. The summed E-state index contributed by atoms with van der Waals surface area (Å²) in [7, 11) is 4.06. The quantitative estimate of drug-likeness (QED) is 0.646. The molecule has 0 aliphatic carbocycles. The molecule has 0 atom stereocenters. The Hall–Kier alpha value is -3.12. The Balaban J connectivity index is 2.12. The van der Waals surface area contributed by atoms with Crippen LogP contribution in [0.1, 0.15) is 25.0 Å². The maximum absolute atomic E-state index is 13.0. The Morgan fingerprint density at radius 1 is 0.900 bits per heavy atom. The number of rotatable bonds is 3. The van der Waals surface area contributed by atoms with Gasteiger partial charge in [0, 0.05) is 32.3 Å². The molecule has 156 valence electrons. The van der Waals surface area contributed by atoms with Gasteiger partial charge in [0.25, 0.3) is 0 Å². The molecule has 0 unspecified atom stereocenters. The van der Waals surface area contributed by atoms with E-state index in [4.69, 9.17) is 0 Å². The van der Waals surface area contributed by atoms with Crippen LogP contribution in [0.15, 0.2) is 36.4 Å². The smallest absolute Gasteiger partial charge is 0.229 e. The normalized spacial score (nSPS) is 13.0. The van der Waals surface area contributed by atoms with Gasteiger partial charge in [0.1, 0.15) is 5.82 Å². The van der Waals surface area contributed by atoms with Crippen LogP contribution in [-0.2, 0) is 16.1 Å². The van der Waals surface area contributed by atoms with E-state index >= 15 is 0 Å². The summed E-state index contributed by atoms with van der Waals surface area (Å²) in [5, 5.41) is 0.969. The minimum absolute atomic E-state index is 0.0699. The summed E-state index contributed by atoms with van der Waals surface area (Å²) in [6.45, 7) is 8.75. The highest BCUT2D eigenvalue weighted by Gasteiger charge is 2.38. The minimum atomic E-state index is -0.0714. The lowest BCUT2D eigenvalue weighted by Crippen LogP contribution is -2.36. The number of amides is 2. The molecule has 0 saturated heterocycles. The molecule has 6 nitrogen and oxygen atoms in total. The topological polar surface area (TPSA) is 48.8 Å². The number of hydrogen-bond acceptors (Lipinski definition) is 3. The second-order valence-electron chi connectivity index (χ2n) is 8.28. The molecule has 0 spiro atoms. The molecule has 2 aromatic carbocycles. The first-order valence-corrected chi connectivity index (χ1v) is 10.2. The largest absolute Gasteiger partial charge is 0.324 e. The fraction of sp³-hybridized carbons (Fsp3) is 0.333. The van der Waals surface area contributed by atoms with Crippen LogP contribution in [0.5, 0.6) is 0 Å². The molecule has 0 N–H and O–H groups in total. The summed E-state index contributed by atoms with van der Waals surface area (Å²) in [6, 6.07) is 12.1. The zero-order valence-corrected chi connectivity index (χ0v) is 18.5. The number of hydrogen-bond donors (Lipinski definition) is 0. The van der Waals surface area contributed by atoms with Gasteiger partial charge in [-0.3, -0.25) is 19.4 Å². The second kappa shape index (κ2) is 7.29. The highest BCUT2D eigenvalue weighted by molar-refractivity contribution is 6.21. The summed E-state index contributed by atoms with van der Waals surface area (Å²) in [5.41, 5.74) is 5.48. The van der Waals surface area contributed by atoms with Gasteiger partial charge >= 0.3 is 0 Å². The van der Waals surface area contributed by atoms with E-state index in [1.807, 2.05) is 58.3 Å². The van der Waals surface area contributed by atoms with Gasteiger partial charge in [-0.15, -0.1) is 0 Å². The van der Waals surface area contributed by atoms with Crippen LogP contribution in [0.4, 0.5) is 22.9 Å². The third-order valence-electron chi connectivity index (χ3n) is 5.83. The molecule has 1 aliphatic rings. The molecular weight excluding hydrogens is 376 g/mol. The molecule has 0 saturated carbocycles. The Labute approximate surface area is 177 Å². The number of benzene rings is 2. The monoisotopic (exact) mass is 404 g/mol. The van der Waals surface area contributed by atoms with Crippen molar-refractivity contribution in [2.45, 2.75) is 34.2 Å². The van der Waals surface area contributed by atoms with E-state index in [9.17, 15) is 9.59 Å². The van der Waals surface area contributed by atoms with Crippen LogP contribution in [-0.4, -0.2) is 41.9 Å². The molecule has 2 amide bonds. The number of fused-ring (bicyclic) bond motifs is 4. The van der Waals surface area contributed by atoms with Crippen LogP contribution >= 0.6 is 0 Å². The van der Waals surface area contributed by atoms with Crippen LogP contribution < -0.4 is 9.80 Å². The average molecular weight is 405 g/mol. The van der Waals surface area contributed by atoms with E-state index in [1.165, 1.54) is 0 Å². The van der Waals surface area contributed by atoms with Gasteiger partial charge < -0.3 is 9.47 Å². The molecule has 0 fully saturated rings. The van der Waals surface area contributed by atoms with Crippen molar-refractivity contribution in [2.75, 3.05) is 30.4 Å². The summed E-state index contributed by atoms with van der Waals surface area (Å²) in [5.74, 6) is 0.619. The van der Waals surface area contributed by atoms with Crippen LogP contribution in [0.3, 0.4) is 0 Å². The number of aryl methyl sites for hydroxylation is 2. The Kier molecular flexibility index (Phi) is 4.90. The second-order valence-corrected chi connectivity index (χ2v) is 8.28. The fourth-order valence-corrected chi connectivity index (χ4v) is 4.27. The van der Waals surface area contributed by atoms with Gasteiger partial charge in [0.2, 0.25) is 11.8 Å². The van der Waals surface area contributed by atoms with E-state index in [0.29, 0.717) is 6.54 Å². The number of carbonyl (C=O) groups is 2. The van der Waals surface area contributed by atoms with E-state index in [2.05, 4.69) is 15.5 Å². The SMILES string of the molecule is CC(=O)N1c2cc(C)c(C)cc2N(C(C)=O)c2c1c1ccccc1n2CCN(C)C. The average Bonchev–Trinajstić information content (AvgIpc) is 2.98. The Bertz CT molecular complexity index is 1180. The lowest BCUT2D eigenvalue weighted by atomic mass is 10.0. The first kappa shape index (κ1) is 20.2. The van der Waals surface area contributed by atoms with Gasteiger partial charge in [0.05, 0.1) is 22.6 Å². The first-order chi connectivity index (χ1) is 14.2. The van der Waals surface area contributed by atoms with Gasteiger partial charge in [-0.2, -0.15) is 0 Å². The maximum atomic E-state index is 13.0. The van der Waals surface area contributed by atoms with Gasteiger partial charge in [-0.1, -0.05) is 18.2 Å². The molecule has 2 heterocycles. The molecule has 3 aromatic rings. The Morgan fingerprint density at radius 2 is 1.47 bits per heavy atom. The van der Waals surface area contributed by atoms with Gasteiger partial charge in [0.15, 0.2) is 0 Å². The first-order valence-electron chi connectivity index (χ1n) is 10.2. The predicted molar refractivity (Wildman–Crippen MR) is 122 cm³/mol. The van der Waals surface area contributed by atoms with Crippen molar-refractivity contribution in [1.29, 1.82) is 0 Å². The standard InChI is InChI=1S/C24H28N4O2/c1-15-13-21-22(14-16(15)2)28(18(4)30)24-23(27(21)17(3)29)19-9-7-8-10-20(19)26(24)12-11-25(5)6/h7-10,13-14H,11-12H2,1-6H3. The van der Waals surface area contributed by atoms with Crippen molar-refractivity contribution in [2.24, 2.45) is 0 Å². The summed E-state index contributed by atoms with van der Waals surface area (Å²) in [4.78, 5) is 31.5. The minimum Gasteiger partial charge on any atom is -0.324 e. The molecule has 1 aromatic heterocycles. The van der Waals surface area contributed by atoms with Crippen molar-refractivity contribution in [3.8, 4) is 0 Å². The number of anilines is 4. The van der Waals surface area contributed by atoms with Crippen LogP contribution in [0.2, 0.25) is 0 Å². The highest BCUT2D eigenvalue weighted by atomic mass is 16.2. The number of nitrogens with zero attached hydrogens (tertiary/aromatic N) is 4. The maximum Gasteiger partial charge on any atom is 0.229 e. The third-order valence-corrected chi connectivity index (χ3v) is 5.83. The summed E-state index contributed by atoms with van der Waals surface area (Å²) in [6.07, 6.45) is 0. The lowest BCUT2D eigenvalue weighted by Gasteiger charge is -2.37. The number of aromatic nitrogens is 1. The molecule has 0 bridgehead atoms. The molecule has 30 heavy (non-hydrogen) atoms. The van der Waals surface area contributed by atoms with E-state index in [0.717, 1.165) is 51.5 Å². The van der Waals surface area contributed by atoms with Crippen molar-refractivity contribution < 1.29 is 9.59 Å². The van der Waals surface area contributed by atoms with Crippen molar-refractivity contribution in [3.63, 3.8) is 0 Å². The number of carbonyl (C=O) groups excluding carboxylic acids is 2. The summed E-state index contributed by atoms with van der Waals surface area (Å²) >= 11 is 0. The Morgan fingerprint density at radius 3 is 2.03 bits per heavy atom. The highest BCUT2D eigenvalue weighted by Crippen LogP contribution is 2.53. The zero-order chi connectivity index (χ0) is 21.7. The van der Waals surface area contributed by atoms with Crippen molar-refractivity contribution >= 4 is 45.6 Å². The van der Waals surface area contributed by atoms with E-state index in [1.54, 1.807) is 23.6 Å². The van der Waals surface area contributed by atoms with Crippen LogP contribution in [0, 0.1) is 13.8 Å². The van der Waals surface area contributed by atoms with E-state index in [-0.39, 0.29) is 11.8 Å². The molecule has 1 aliphatic heterocycles. The van der Waals surface area contributed by atoms with Crippen LogP contribution in [0.25, 0.3) is 10.9 Å². The fourth-order valence-electron chi connectivity index (χ4n) is 4.27. The molecule has 4 rings (SSSR count). The van der Waals surface area contributed by atoms with Gasteiger partial charge in [-0.05, 0) is 57.3 Å².